The van der Waals surface area contributed by atoms with Crippen molar-refractivity contribution < 1.29 is 14.3 Å². The molecule has 1 saturated heterocycles. The summed E-state index contributed by atoms with van der Waals surface area (Å²) in [5.41, 5.74) is 1.18. The van der Waals surface area contributed by atoms with Crippen molar-refractivity contribution in [2.24, 2.45) is 0 Å². The minimum absolute atomic E-state index is 0.0139. The monoisotopic (exact) mass is 355 g/mol. The molecule has 3 heterocycles. The third-order valence-corrected chi connectivity index (χ3v) is 4.97. The zero-order valence-electron chi connectivity index (χ0n) is 14.8. The molecule has 26 heavy (non-hydrogen) atoms. The molecular weight excluding hydrogens is 334 g/mol. The van der Waals surface area contributed by atoms with Crippen molar-refractivity contribution in [1.82, 2.24) is 9.97 Å². The molecule has 4 rings (SSSR count). The Balaban J connectivity index is 1.54. The Hall–Kier alpha value is -3.03. The first-order valence-electron chi connectivity index (χ1n) is 8.54. The van der Waals surface area contributed by atoms with E-state index >= 15 is 0 Å². The lowest BCUT2D eigenvalue weighted by Crippen LogP contribution is -2.58. The number of fused-ring (bicyclic) bond motifs is 1. The zero-order chi connectivity index (χ0) is 18.1. The average Bonchev–Trinajstić information content (AvgIpc) is 2.69. The summed E-state index contributed by atoms with van der Waals surface area (Å²) in [7, 11) is 3.12. The SMILES string of the molecule is COc1cc(OC)nc(N2CCC3(CC2)Nc2ccccc2NC3=O)n1. The van der Waals surface area contributed by atoms with Crippen molar-refractivity contribution in [3.8, 4) is 11.8 Å². The van der Waals surface area contributed by atoms with Gasteiger partial charge < -0.3 is 25.0 Å². The van der Waals surface area contributed by atoms with Crippen LogP contribution in [0.2, 0.25) is 0 Å². The van der Waals surface area contributed by atoms with Gasteiger partial charge in [-0.15, -0.1) is 0 Å². The third kappa shape index (κ3) is 2.77. The maximum atomic E-state index is 12.7. The van der Waals surface area contributed by atoms with E-state index in [0.717, 1.165) is 11.4 Å². The van der Waals surface area contributed by atoms with Gasteiger partial charge in [-0.2, -0.15) is 9.97 Å². The van der Waals surface area contributed by atoms with Gasteiger partial charge in [0, 0.05) is 13.1 Å². The van der Waals surface area contributed by atoms with Crippen molar-refractivity contribution in [3.05, 3.63) is 30.3 Å². The molecule has 0 radical (unpaired) electrons. The van der Waals surface area contributed by atoms with Gasteiger partial charge in [0.15, 0.2) is 0 Å². The maximum Gasteiger partial charge on any atom is 0.250 e. The van der Waals surface area contributed by atoms with Gasteiger partial charge in [0.2, 0.25) is 23.6 Å². The Labute approximate surface area is 151 Å². The molecule has 8 heteroatoms. The number of amides is 1. The van der Waals surface area contributed by atoms with E-state index in [2.05, 4.69) is 20.6 Å². The average molecular weight is 355 g/mol. The number of benzene rings is 1. The van der Waals surface area contributed by atoms with Crippen LogP contribution >= 0.6 is 0 Å². The summed E-state index contributed by atoms with van der Waals surface area (Å²) in [5.74, 6) is 1.47. The number of carbonyl (C=O) groups excluding carboxylic acids is 1. The molecule has 2 aromatic rings. The lowest BCUT2D eigenvalue weighted by molar-refractivity contribution is -0.121. The first-order valence-corrected chi connectivity index (χ1v) is 8.54. The fourth-order valence-electron chi connectivity index (χ4n) is 3.44. The highest BCUT2D eigenvalue weighted by atomic mass is 16.5. The molecule has 2 aliphatic heterocycles. The predicted octanol–water partition coefficient (Wildman–Crippen LogP) is 1.90. The van der Waals surface area contributed by atoms with Crippen molar-refractivity contribution in [3.63, 3.8) is 0 Å². The van der Waals surface area contributed by atoms with Crippen LogP contribution in [0.5, 0.6) is 11.8 Å². The third-order valence-electron chi connectivity index (χ3n) is 4.97. The molecule has 0 aliphatic carbocycles. The molecule has 0 saturated carbocycles. The van der Waals surface area contributed by atoms with E-state index in [4.69, 9.17) is 9.47 Å². The Morgan fingerprint density at radius 1 is 1.04 bits per heavy atom. The molecular formula is C18H21N5O3. The molecule has 0 atom stereocenters. The second-order valence-corrected chi connectivity index (χ2v) is 6.45. The number of nitrogens with one attached hydrogen (secondary N) is 2. The van der Waals surface area contributed by atoms with Crippen LogP contribution in [0.25, 0.3) is 0 Å². The first kappa shape index (κ1) is 16.4. The van der Waals surface area contributed by atoms with Crippen LogP contribution < -0.4 is 25.0 Å². The number of anilines is 3. The standard InChI is InChI=1S/C18H21N5O3/c1-25-14-11-15(26-2)21-17(20-14)23-9-7-18(8-10-23)16(24)19-12-5-3-4-6-13(12)22-18/h3-6,11,22H,7-10H2,1-2H3,(H,19,24). The molecule has 1 amide bonds. The predicted molar refractivity (Wildman–Crippen MR) is 98.0 cm³/mol. The molecule has 1 aromatic heterocycles. The first-order chi connectivity index (χ1) is 12.6. The van der Waals surface area contributed by atoms with E-state index in [0.29, 0.717) is 43.6 Å². The van der Waals surface area contributed by atoms with Crippen molar-refractivity contribution >= 4 is 23.2 Å². The van der Waals surface area contributed by atoms with Gasteiger partial charge in [-0.05, 0) is 25.0 Å². The molecule has 0 unspecified atom stereocenters. The van der Waals surface area contributed by atoms with E-state index in [9.17, 15) is 4.79 Å². The number of hydrogen-bond acceptors (Lipinski definition) is 7. The van der Waals surface area contributed by atoms with Crippen LogP contribution in [0.3, 0.4) is 0 Å². The van der Waals surface area contributed by atoms with E-state index in [1.54, 1.807) is 20.3 Å². The summed E-state index contributed by atoms with van der Waals surface area (Å²) >= 11 is 0. The molecule has 1 fully saturated rings. The maximum absolute atomic E-state index is 12.7. The number of piperidine rings is 1. The lowest BCUT2D eigenvalue weighted by Gasteiger charge is -2.44. The van der Waals surface area contributed by atoms with Gasteiger partial charge in [-0.3, -0.25) is 4.79 Å². The minimum atomic E-state index is -0.603. The summed E-state index contributed by atoms with van der Waals surface area (Å²) in [4.78, 5) is 23.6. The number of nitrogens with zero attached hydrogens (tertiary/aromatic N) is 3. The van der Waals surface area contributed by atoms with Crippen LogP contribution in [-0.2, 0) is 4.79 Å². The smallest absolute Gasteiger partial charge is 0.250 e. The van der Waals surface area contributed by atoms with E-state index in [1.165, 1.54) is 0 Å². The number of methoxy groups -OCH3 is 2. The zero-order valence-corrected chi connectivity index (χ0v) is 14.8. The van der Waals surface area contributed by atoms with E-state index in [1.807, 2.05) is 29.2 Å². The van der Waals surface area contributed by atoms with Gasteiger partial charge in [-0.25, -0.2) is 0 Å². The van der Waals surface area contributed by atoms with Gasteiger partial charge in [0.1, 0.15) is 5.54 Å². The quantitative estimate of drug-likeness (QED) is 0.869. The summed E-state index contributed by atoms with van der Waals surface area (Å²) in [6.45, 7) is 1.30. The number of para-hydroxylation sites is 2. The van der Waals surface area contributed by atoms with Crippen LogP contribution in [0.4, 0.5) is 17.3 Å². The second-order valence-electron chi connectivity index (χ2n) is 6.45. The highest BCUT2D eigenvalue weighted by Crippen LogP contribution is 2.37. The van der Waals surface area contributed by atoms with Crippen LogP contribution in [0, 0.1) is 0 Å². The van der Waals surface area contributed by atoms with Gasteiger partial charge in [0.25, 0.3) is 0 Å². The highest BCUT2D eigenvalue weighted by Gasteiger charge is 2.44. The Kier molecular flexibility index (Phi) is 4.02. The van der Waals surface area contributed by atoms with Crippen LogP contribution in [0.15, 0.2) is 30.3 Å². The second kappa shape index (κ2) is 6.36. The van der Waals surface area contributed by atoms with Crippen molar-refractivity contribution in [2.75, 3.05) is 42.8 Å². The van der Waals surface area contributed by atoms with Gasteiger partial charge >= 0.3 is 0 Å². The Bertz CT molecular complexity index is 811. The molecule has 1 aromatic carbocycles. The largest absolute Gasteiger partial charge is 0.481 e. The molecule has 1 spiro atoms. The topological polar surface area (TPSA) is 88.6 Å². The van der Waals surface area contributed by atoms with Gasteiger partial charge in [0.05, 0.1) is 31.7 Å². The molecule has 8 nitrogen and oxygen atoms in total. The molecule has 0 bridgehead atoms. The van der Waals surface area contributed by atoms with Crippen LogP contribution in [0.1, 0.15) is 12.8 Å². The van der Waals surface area contributed by atoms with Crippen molar-refractivity contribution in [1.29, 1.82) is 0 Å². The summed E-state index contributed by atoms with van der Waals surface area (Å²) in [6, 6.07) is 9.40. The van der Waals surface area contributed by atoms with E-state index in [-0.39, 0.29) is 5.91 Å². The number of hydrogen-bond donors (Lipinski definition) is 2. The summed E-state index contributed by atoms with van der Waals surface area (Å²) < 4.78 is 10.4. The normalized spacial score (nSPS) is 17.9. The molecule has 2 aliphatic rings. The minimum Gasteiger partial charge on any atom is -0.481 e. The summed E-state index contributed by atoms with van der Waals surface area (Å²) in [5, 5.41) is 6.47. The fourth-order valence-corrected chi connectivity index (χ4v) is 3.44. The molecule has 2 N–H and O–H groups in total. The van der Waals surface area contributed by atoms with Gasteiger partial charge in [-0.1, -0.05) is 12.1 Å². The Morgan fingerprint density at radius 3 is 2.27 bits per heavy atom. The summed E-state index contributed by atoms with van der Waals surface area (Å²) in [6.07, 6.45) is 1.30. The van der Waals surface area contributed by atoms with Crippen molar-refractivity contribution in [2.45, 2.75) is 18.4 Å². The number of rotatable bonds is 3. The number of aromatic nitrogens is 2. The van der Waals surface area contributed by atoms with Crippen LogP contribution in [-0.4, -0.2) is 48.7 Å². The number of ether oxygens (including phenoxy) is 2. The Morgan fingerprint density at radius 2 is 1.65 bits per heavy atom. The van der Waals surface area contributed by atoms with E-state index < -0.39 is 5.54 Å². The molecule has 136 valence electrons. The fraction of sp³-hybridized carbons (Fsp3) is 0.389. The lowest BCUT2D eigenvalue weighted by atomic mass is 9.84. The number of carbonyl (C=O) groups is 1. The highest BCUT2D eigenvalue weighted by molar-refractivity contribution is 6.06.